The fourth-order valence-corrected chi connectivity index (χ4v) is 2.50. The smallest absolute Gasteiger partial charge is 0.0809 e. The number of likely N-dealkylation sites (tertiary alicyclic amines) is 1. The van der Waals surface area contributed by atoms with Crippen LogP contribution < -0.4 is 0 Å². The summed E-state index contributed by atoms with van der Waals surface area (Å²) in [6.07, 6.45) is 3.23. The van der Waals surface area contributed by atoms with Gasteiger partial charge in [-0.15, -0.1) is 0 Å². The lowest BCUT2D eigenvalue weighted by Crippen LogP contribution is -2.63. The number of ether oxygens (including phenoxy) is 1. The molecule has 0 radical (unpaired) electrons. The first-order chi connectivity index (χ1) is 6.77. The summed E-state index contributed by atoms with van der Waals surface area (Å²) in [5.74, 6) is 0.778. The third-order valence-corrected chi connectivity index (χ3v) is 3.48. The Labute approximate surface area is 85.6 Å². The molecule has 0 saturated carbocycles. The van der Waals surface area contributed by atoms with Gasteiger partial charge >= 0.3 is 0 Å². The minimum absolute atomic E-state index is 0.0728. The Bertz CT molecular complexity index is 242. The number of nitrogens with zero attached hydrogens (tertiary/aromatic N) is 2. The van der Waals surface area contributed by atoms with Gasteiger partial charge in [-0.25, -0.2) is 0 Å². The molecule has 2 aliphatic rings. The third kappa shape index (κ3) is 1.65. The second-order valence-corrected chi connectivity index (χ2v) is 4.75. The summed E-state index contributed by atoms with van der Waals surface area (Å²) in [6, 6.07) is 2.30. The standard InChI is InChI=1S/C11H18N2O/c1-10-3-2-6-13(7-10)11(4-5-12)8-14-9-11/h10H,2-4,6-9H2,1H3. The van der Waals surface area contributed by atoms with Gasteiger partial charge in [0.15, 0.2) is 0 Å². The number of nitriles is 1. The molecule has 3 nitrogen and oxygen atoms in total. The van der Waals surface area contributed by atoms with Crippen LogP contribution in [0.5, 0.6) is 0 Å². The minimum atomic E-state index is 0.0728. The molecule has 0 N–H and O–H groups in total. The van der Waals surface area contributed by atoms with E-state index in [-0.39, 0.29) is 5.54 Å². The Balaban J connectivity index is 2.00. The summed E-state index contributed by atoms with van der Waals surface area (Å²) in [6.45, 7) is 6.10. The second kappa shape index (κ2) is 3.88. The van der Waals surface area contributed by atoms with E-state index in [2.05, 4.69) is 17.9 Å². The molecule has 2 aliphatic heterocycles. The van der Waals surface area contributed by atoms with Gasteiger partial charge in [0.2, 0.25) is 0 Å². The van der Waals surface area contributed by atoms with Crippen molar-refractivity contribution in [3.63, 3.8) is 0 Å². The average Bonchev–Trinajstić information content (AvgIpc) is 2.11. The summed E-state index contributed by atoms with van der Waals surface area (Å²) >= 11 is 0. The molecule has 2 heterocycles. The fraction of sp³-hybridized carbons (Fsp3) is 0.909. The molecule has 2 rings (SSSR count). The molecule has 78 valence electrons. The van der Waals surface area contributed by atoms with Crippen LogP contribution in [0.3, 0.4) is 0 Å². The highest BCUT2D eigenvalue weighted by molar-refractivity contribution is 5.03. The zero-order valence-corrected chi connectivity index (χ0v) is 8.83. The van der Waals surface area contributed by atoms with Crippen LogP contribution in [0.2, 0.25) is 0 Å². The lowest BCUT2D eigenvalue weighted by Gasteiger charge is -2.51. The predicted octanol–water partition coefficient (Wildman–Crippen LogP) is 1.40. The van der Waals surface area contributed by atoms with Gasteiger partial charge in [0.25, 0.3) is 0 Å². The predicted molar refractivity (Wildman–Crippen MR) is 53.8 cm³/mol. The largest absolute Gasteiger partial charge is 0.377 e. The molecule has 0 aliphatic carbocycles. The summed E-state index contributed by atoms with van der Waals surface area (Å²) in [7, 11) is 0. The van der Waals surface area contributed by atoms with E-state index in [1.807, 2.05) is 0 Å². The van der Waals surface area contributed by atoms with Gasteiger partial charge in [-0.3, -0.25) is 4.90 Å². The molecule has 0 spiro atoms. The summed E-state index contributed by atoms with van der Waals surface area (Å²) in [5.41, 5.74) is 0.0728. The van der Waals surface area contributed by atoms with Crippen LogP contribution in [0.15, 0.2) is 0 Å². The van der Waals surface area contributed by atoms with Crippen LogP contribution in [-0.2, 0) is 4.74 Å². The number of piperidine rings is 1. The quantitative estimate of drug-likeness (QED) is 0.666. The zero-order chi connectivity index (χ0) is 10.0. The maximum absolute atomic E-state index is 8.83. The fourth-order valence-electron chi connectivity index (χ4n) is 2.50. The molecule has 2 saturated heterocycles. The molecule has 3 heteroatoms. The van der Waals surface area contributed by atoms with Crippen LogP contribution in [0.25, 0.3) is 0 Å². The van der Waals surface area contributed by atoms with Gasteiger partial charge in [0.1, 0.15) is 0 Å². The van der Waals surface area contributed by atoms with E-state index in [0.29, 0.717) is 6.42 Å². The molecule has 0 aromatic heterocycles. The second-order valence-electron chi connectivity index (χ2n) is 4.75. The Morgan fingerprint density at radius 2 is 2.36 bits per heavy atom. The number of hydrogen-bond acceptors (Lipinski definition) is 3. The molecule has 0 amide bonds. The Morgan fingerprint density at radius 1 is 1.57 bits per heavy atom. The lowest BCUT2D eigenvalue weighted by molar-refractivity contribution is -0.147. The highest BCUT2D eigenvalue weighted by atomic mass is 16.5. The van der Waals surface area contributed by atoms with E-state index in [0.717, 1.165) is 32.2 Å². The van der Waals surface area contributed by atoms with E-state index in [1.54, 1.807) is 0 Å². The van der Waals surface area contributed by atoms with Crippen molar-refractivity contribution in [1.29, 1.82) is 5.26 Å². The van der Waals surface area contributed by atoms with Crippen molar-refractivity contribution in [2.75, 3.05) is 26.3 Å². The maximum Gasteiger partial charge on any atom is 0.0809 e. The van der Waals surface area contributed by atoms with Crippen LogP contribution in [0, 0.1) is 17.2 Å². The van der Waals surface area contributed by atoms with Crippen LogP contribution >= 0.6 is 0 Å². The summed E-state index contributed by atoms with van der Waals surface area (Å²) < 4.78 is 5.29. The van der Waals surface area contributed by atoms with Crippen molar-refractivity contribution >= 4 is 0 Å². The highest BCUT2D eigenvalue weighted by Gasteiger charge is 2.44. The van der Waals surface area contributed by atoms with E-state index < -0.39 is 0 Å². The van der Waals surface area contributed by atoms with E-state index >= 15 is 0 Å². The van der Waals surface area contributed by atoms with Gasteiger partial charge in [-0.1, -0.05) is 6.92 Å². The maximum atomic E-state index is 8.83. The molecule has 0 aromatic rings. The van der Waals surface area contributed by atoms with Crippen molar-refractivity contribution in [2.24, 2.45) is 5.92 Å². The van der Waals surface area contributed by atoms with Gasteiger partial charge in [0.05, 0.1) is 31.2 Å². The average molecular weight is 194 g/mol. The molecule has 2 fully saturated rings. The molecule has 0 bridgehead atoms. The van der Waals surface area contributed by atoms with Crippen molar-refractivity contribution in [3.05, 3.63) is 0 Å². The number of hydrogen-bond donors (Lipinski definition) is 0. The normalized spacial score (nSPS) is 31.9. The van der Waals surface area contributed by atoms with Gasteiger partial charge in [-0.05, 0) is 25.3 Å². The molecule has 1 unspecified atom stereocenters. The first-order valence-electron chi connectivity index (χ1n) is 5.47. The monoisotopic (exact) mass is 194 g/mol. The van der Waals surface area contributed by atoms with E-state index in [4.69, 9.17) is 10.00 Å². The van der Waals surface area contributed by atoms with Crippen molar-refractivity contribution in [2.45, 2.75) is 31.7 Å². The van der Waals surface area contributed by atoms with Crippen molar-refractivity contribution < 1.29 is 4.74 Å². The zero-order valence-electron chi connectivity index (χ0n) is 8.83. The SMILES string of the molecule is CC1CCCN(C2(CC#N)COC2)C1. The summed E-state index contributed by atoms with van der Waals surface area (Å²) in [4.78, 5) is 2.48. The molecule has 14 heavy (non-hydrogen) atoms. The molecule has 0 aromatic carbocycles. The third-order valence-electron chi connectivity index (χ3n) is 3.48. The van der Waals surface area contributed by atoms with Crippen LogP contribution in [0.4, 0.5) is 0 Å². The Morgan fingerprint density at radius 3 is 2.86 bits per heavy atom. The van der Waals surface area contributed by atoms with E-state index in [9.17, 15) is 0 Å². The Kier molecular flexibility index (Phi) is 2.76. The van der Waals surface area contributed by atoms with Crippen LogP contribution in [-0.4, -0.2) is 36.7 Å². The highest BCUT2D eigenvalue weighted by Crippen LogP contribution is 2.32. The van der Waals surface area contributed by atoms with Crippen LogP contribution in [0.1, 0.15) is 26.2 Å². The van der Waals surface area contributed by atoms with Gasteiger partial charge in [-0.2, -0.15) is 5.26 Å². The van der Waals surface area contributed by atoms with Gasteiger partial charge < -0.3 is 4.74 Å². The summed E-state index contributed by atoms with van der Waals surface area (Å²) in [5, 5.41) is 8.83. The first kappa shape index (κ1) is 9.95. The van der Waals surface area contributed by atoms with Crippen molar-refractivity contribution in [1.82, 2.24) is 4.90 Å². The molecular formula is C11H18N2O. The minimum Gasteiger partial charge on any atom is -0.377 e. The first-order valence-corrected chi connectivity index (χ1v) is 5.47. The number of rotatable bonds is 2. The molecular weight excluding hydrogens is 176 g/mol. The van der Waals surface area contributed by atoms with Crippen molar-refractivity contribution in [3.8, 4) is 6.07 Å². The topological polar surface area (TPSA) is 36.3 Å². The van der Waals surface area contributed by atoms with E-state index in [1.165, 1.54) is 12.8 Å². The van der Waals surface area contributed by atoms with Gasteiger partial charge in [0, 0.05) is 6.54 Å². The lowest BCUT2D eigenvalue weighted by atomic mass is 9.87. The molecule has 1 atom stereocenters. The Hall–Kier alpha value is -0.590.